The SMILES string of the molecule is CN(C)CCc1nc(-c2ccc(C(N)=O)cc2)nn1-c1ccccc1. The van der Waals surface area contributed by atoms with Crippen molar-refractivity contribution in [3.63, 3.8) is 0 Å². The van der Waals surface area contributed by atoms with Gasteiger partial charge in [-0.3, -0.25) is 4.79 Å². The first-order valence-electron chi connectivity index (χ1n) is 8.11. The van der Waals surface area contributed by atoms with Crippen molar-refractivity contribution in [2.24, 2.45) is 5.73 Å². The predicted octanol–water partition coefficient (Wildman–Crippen LogP) is 2.14. The highest BCUT2D eigenvalue weighted by Crippen LogP contribution is 2.19. The van der Waals surface area contributed by atoms with Gasteiger partial charge < -0.3 is 10.6 Å². The van der Waals surface area contributed by atoms with E-state index in [1.54, 1.807) is 12.1 Å². The van der Waals surface area contributed by atoms with Gasteiger partial charge in [-0.05, 0) is 38.4 Å². The number of aromatic nitrogens is 3. The van der Waals surface area contributed by atoms with Crippen LogP contribution in [0.15, 0.2) is 54.6 Å². The number of carbonyl (C=O) groups excluding carboxylic acids is 1. The van der Waals surface area contributed by atoms with Gasteiger partial charge in [-0.2, -0.15) is 0 Å². The number of likely N-dealkylation sites (N-methyl/N-ethyl adjacent to an activating group) is 1. The minimum Gasteiger partial charge on any atom is -0.366 e. The lowest BCUT2D eigenvalue weighted by Gasteiger charge is -2.09. The van der Waals surface area contributed by atoms with Crippen LogP contribution in [-0.4, -0.2) is 46.2 Å². The first kappa shape index (κ1) is 16.9. The molecular formula is C19H21N5O. The Morgan fingerprint density at radius 3 is 2.36 bits per heavy atom. The van der Waals surface area contributed by atoms with Crippen LogP contribution < -0.4 is 5.73 Å². The molecule has 3 rings (SSSR count). The molecule has 2 N–H and O–H groups in total. The molecule has 0 unspecified atom stereocenters. The van der Waals surface area contributed by atoms with Gasteiger partial charge in [-0.1, -0.05) is 30.3 Å². The van der Waals surface area contributed by atoms with Gasteiger partial charge in [0.15, 0.2) is 5.82 Å². The Kier molecular flexibility index (Phi) is 4.90. The number of hydrogen-bond donors (Lipinski definition) is 1. The minimum atomic E-state index is -0.444. The van der Waals surface area contributed by atoms with E-state index in [0.29, 0.717) is 11.4 Å². The van der Waals surface area contributed by atoms with Crippen molar-refractivity contribution >= 4 is 5.91 Å². The lowest BCUT2D eigenvalue weighted by molar-refractivity contribution is 0.100. The summed E-state index contributed by atoms with van der Waals surface area (Å²) in [5.41, 5.74) is 7.60. The zero-order valence-electron chi connectivity index (χ0n) is 14.4. The number of carbonyl (C=O) groups is 1. The quantitative estimate of drug-likeness (QED) is 0.749. The normalized spacial score (nSPS) is 11.0. The Morgan fingerprint density at radius 2 is 1.76 bits per heavy atom. The smallest absolute Gasteiger partial charge is 0.248 e. The van der Waals surface area contributed by atoms with Gasteiger partial charge in [0.25, 0.3) is 0 Å². The van der Waals surface area contributed by atoms with Crippen LogP contribution in [0.4, 0.5) is 0 Å². The van der Waals surface area contributed by atoms with Crippen molar-refractivity contribution in [3.05, 3.63) is 66.0 Å². The largest absolute Gasteiger partial charge is 0.366 e. The van der Waals surface area contributed by atoms with Gasteiger partial charge in [0.2, 0.25) is 5.91 Å². The molecule has 0 saturated heterocycles. The Labute approximate surface area is 146 Å². The third kappa shape index (κ3) is 3.92. The highest BCUT2D eigenvalue weighted by Gasteiger charge is 2.13. The van der Waals surface area contributed by atoms with Crippen molar-refractivity contribution in [3.8, 4) is 17.1 Å². The highest BCUT2D eigenvalue weighted by molar-refractivity contribution is 5.93. The van der Waals surface area contributed by atoms with E-state index in [9.17, 15) is 4.79 Å². The van der Waals surface area contributed by atoms with Crippen LogP contribution >= 0.6 is 0 Å². The van der Waals surface area contributed by atoms with Crippen LogP contribution in [0, 0.1) is 0 Å². The summed E-state index contributed by atoms with van der Waals surface area (Å²) in [4.78, 5) is 18.1. The number of benzene rings is 2. The highest BCUT2D eigenvalue weighted by atomic mass is 16.1. The fourth-order valence-electron chi connectivity index (χ4n) is 2.51. The molecule has 0 bridgehead atoms. The average molecular weight is 335 g/mol. The fraction of sp³-hybridized carbons (Fsp3) is 0.211. The first-order valence-corrected chi connectivity index (χ1v) is 8.11. The van der Waals surface area contributed by atoms with Gasteiger partial charge in [-0.15, -0.1) is 5.10 Å². The van der Waals surface area contributed by atoms with Gasteiger partial charge in [0, 0.05) is 24.1 Å². The lowest BCUT2D eigenvalue weighted by Crippen LogP contribution is -2.17. The van der Waals surface area contributed by atoms with Crippen LogP contribution in [0.2, 0.25) is 0 Å². The number of hydrogen-bond acceptors (Lipinski definition) is 4. The molecule has 0 aliphatic rings. The Morgan fingerprint density at radius 1 is 1.08 bits per heavy atom. The second-order valence-electron chi connectivity index (χ2n) is 6.09. The number of primary amides is 1. The molecule has 0 aliphatic heterocycles. The summed E-state index contributed by atoms with van der Waals surface area (Å²) in [6, 6.07) is 17.0. The van der Waals surface area contributed by atoms with E-state index in [1.165, 1.54) is 0 Å². The maximum Gasteiger partial charge on any atom is 0.248 e. The van der Waals surface area contributed by atoms with Gasteiger partial charge in [0.1, 0.15) is 5.82 Å². The molecule has 25 heavy (non-hydrogen) atoms. The molecule has 0 fully saturated rings. The Hall–Kier alpha value is -2.99. The fourth-order valence-corrected chi connectivity index (χ4v) is 2.51. The zero-order chi connectivity index (χ0) is 17.8. The summed E-state index contributed by atoms with van der Waals surface area (Å²) in [5, 5.41) is 4.67. The van der Waals surface area contributed by atoms with Crippen molar-refractivity contribution in [2.45, 2.75) is 6.42 Å². The number of nitrogens with zero attached hydrogens (tertiary/aromatic N) is 4. The summed E-state index contributed by atoms with van der Waals surface area (Å²) in [6.45, 7) is 0.881. The van der Waals surface area contributed by atoms with Crippen molar-refractivity contribution < 1.29 is 4.79 Å². The second-order valence-corrected chi connectivity index (χ2v) is 6.09. The molecule has 1 aromatic heterocycles. The third-order valence-electron chi connectivity index (χ3n) is 3.89. The summed E-state index contributed by atoms with van der Waals surface area (Å²) in [5.74, 6) is 1.09. The number of rotatable bonds is 6. The summed E-state index contributed by atoms with van der Waals surface area (Å²) >= 11 is 0. The maximum absolute atomic E-state index is 11.2. The maximum atomic E-state index is 11.2. The minimum absolute atomic E-state index is 0.444. The molecule has 0 aliphatic carbocycles. The molecule has 0 spiro atoms. The van der Waals surface area contributed by atoms with Crippen LogP contribution in [0.1, 0.15) is 16.2 Å². The number of amides is 1. The monoisotopic (exact) mass is 335 g/mol. The number of nitrogens with two attached hydrogens (primary N) is 1. The standard InChI is InChI=1S/C19H21N5O/c1-23(2)13-12-17-21-19(15-10-8-14(9-11-15)18(20)25)22-24(17)16-6-4-3-5-7-16/h3-11H,12-13H2,1-2H3,(H2,20,25). The molecule has 2 aromatic carbocycles. The molecule has 6 heteroatoms. The molecule has 1 heterocycles. The van der Waals surface area contributed by atoms with E-state index in [4.69, 9.17) is 10.7 Å². The van der Waals surface area contributed by atoms with Crippen molar-refractivity contribution in [1.29, 1.82) is 0 Å². The molecule has 3 aromatic rings. The van der Waals surface area contributed by atoms with Crippen molar-refractivity contribution in [1.82, 2.24) is 19.7 Å². The van der Waals surface area contributed by atoms with Crippen LogP contribution in [0.5, 0.6) is 0 Å². The summed E-state index contributed by atoms with van der Waals surface area (Å²) < 4.78 is 1.88. The van der Waals surface area contributed by atoms with Crippen LogP contribution in [0.3, 0.4) is 0 Å². The van der Waals surface area contributed by atoms with E-state index >= 15 is 0 Å². The van der Waals surface area contributed by atoms with E-state index in [0.717, 1.165) is 30.0 Å². The first-order chi connectivity index (χ1) is 12.0. The Bertz CT molecular complexity index is 853. The van der Waals surface area contributed by atoms with Crippen LogP contribution in [0.25, 0.3) is 17.1 Å². The summed E-state index contributed by atoms with van der Waals surface area (Å²) in [7, 11) is 4.07. The number of para-hydroxylation sites is 1. The van der Waals surface area contributed by atoms with Gasteiger partial charge in [-0.25, -0.2) is 9.67 Å². The van der Waals surface area contributed by atoms with Crippen molar-refractivity contribution in [2.75, 3.05) is 20.6 Å². The zero-order valence-corrected chi connectivity index (χ0v) is 14.4. The lowest BCUT2D eigenvalue weighted by atomic mass is 10.1. The van der Waals surface area contributed by atoms with E-state index in [-0.39, 0.29) is 0 Å². The van der Waals surface area contributed by atoms with Crippen LogP contribution in [-0.2, 0) is 6.42 Å². The molecular weight excluding hydrogens is 314 g/mol. The molecule has 0 saturated carbocycles. The third-order valence-corrected chi connectivity index (χ3v) is 3.89. The molecule has 128 valence electrons. The second kappa shape index (κ2) is 7.27. The topological polar surface area (TPSA) is 77.0 Å². The van der Waals surface area contributed by atoms with E-state index in [1.807, 2.05) is 61.2 Å². The predicted molar refractivity (Wildman–Crippen MR) is 97.6 cm³/mol. The molecule has 0 atom stereocenters. The Balaban J connectivity index is 1.98. The average Bonchev–Trinajstić information content (AvgIpc) is 3.05. The van der Waals surface area contributed by atoms with Gasteiger partial charge in [0.05, 0.1) is 5.69 Å². The summed E-state index contributed by atoms with van der Waals surface area (Å²) in [6.07, 6.45) is 0.786. The van der Waals surface area contributed by atoms with E-state index < -0.39 is 5.91 Å². The van der Waals surface area contributed by atoms with Gasteiger partial charge >= 0.3 is 0 Å². The molecule has 1 amide bonds. The van der Waals surface area contributed by atoms with E-state index in [2.05, 4.69) is 10.00 Å². The molecule has 0 radical (unpaired) electrons. The molecule has 6 nitrogen and oxygen atoms in total.